The first-order chi connectivity index (χ1) is 16.9. The third-order valence-electron chi connectivity index (χ3n) is 6.02. The number of nitrogens with zero attached hydrogens (tertiary/aromatic N) is 3. The summed E-state index contributed by atoms with van der Waals surface area (Å²) in [5.74, 6) is 1.44. The average Bonchev–Trinajstić information content (AvgIpc) is 3.52. The Morgan fingerprint density at radius 2 is 1.94 bits per heavy atom. The minimum absolute atomic E-state index is 0.0972. The van der Waals surface area contributed by atoms with Crippen molar-refractivity contribution in [1.82, 2.24) is 20.1 Å². The van der Waals surface area contributed by atoms with Crippen molar-refractivity contribution in [2.24, 2.45) is 5.92 Å². The summed E-state index contributed by atoms with van der Waals surface area (Å²) >= 11 is 1.35. The van der Waals surface area contributed by atoms with Crippen LogP contribution in [0.25, 0.3) is 11.4 Å². The molecular weight excluding hydrogens is 467 g/mol. The van der Waals surface area contributed by atoms with Gasteiger partial charge in [0.1, 0.15) is 11.6 Å². The Hall–Kier alpha value is -2.91. The predicted molar refractivity (Wildman–Crippen MR) is 134 cm³/mol. The Morgan fingerprint density at radius 1 is 1.20 bits per heavy atom. The molecule has 2 aromatic carbocycles. The average molecular weight is 499 g/mol. The first kappa shape index (κ1) is 25.2. The van der Waals surface area contributed by atoms with Crippen LogP contribution in [-0.4, -0.2) is 46.2 Å². The van der Waals surface area contributed by atoms with E-state index in [-0.39, 0.29) is 35.5 Å². The zero-order valence-corrected chi connectivity index (χ0v) is 21.1. The fraction of sp³-hybridized carbons (Fsp3) is 0.423. The van der Waals surface area contributed by atoms with Gasteiger partial charge in [0.05, 0.1) is 31.6 Å². The van der Waals surface area contributed by atoms with Crippen molar-refractivity contribution in [2.75, 3.05) is 19.5 Å². The minimum atomic E-state index is -0.295. The van der Waals surface area contributed by atoms with E-state index in [1.807, 2.05) is 42.7 Å². The molecule has 0 radical (unpaired) electrons. The molecule has 3 aromatic rings. The second-order valence-electron chi connectivity index (χ2n) is 8.91. The molecule has 1 aliphatic heterocycles. The van der Waals surface area contributed by atoms with Crippen LogP contribution in [0.4, 0.5) is 4.39 Å². The molecule has 0 bridgehead atoms. The van der Waals surface area contributed by atoms with Gasteiger partial charge in [-0.05, 0) is 60.7 Å². The summed E-state index contributed by atoms with van der Waals surface area (Å²) < 4.78 is 26.5. The van der Waals surface area contributed by atoms with Gasteiger partial charge in [0, 0.05) is 12.2 Å². The first-order valence-electron chi connectivity index (χ1n) is 11.8. The van der Waals surface area contributed by atoms with E-state index >= 15 is 0 Å². The lowest BCUT2D eigenvalue weighted by Gasteiger charge is -2.23. The number of hydrogen-bond donors (Lipinski definition) is 1. The van der Waals surface area contributed by atoms with E-state index < -0.39 is 0 Å². The number of rotatable bonds is 10. The van der Waals surface area contributed by atoms with Gasteiger partial charge in [0.25, 0.3) is 0 Å². The summed E-state index contributed by atoms with van der Waals surface area (Å²) in [4.78, 5) is 12.9. The highest BCUT2D eigenvalue weighted by Gasteiger charge is 2.23. The maximum absolute atomic E-state index is 13.3. The zero-order chi connectivity index (χ0) is 24.8. The second kappa shape index (κ2) is 11.7. The smallest absolute Gasteiger partial charge is 0.230 e. The number of nitrogens with one attached hydrogen (secondary N) is 1. The fourth-order valence-corrected chi connectivity index (χ4v) is 4.91. The molecular formula is C26H31FN4O3S. The SMILES string of the molecule is COc1ccc(-c2nnc(SCC(=O)NC(c3ccc(F)cc3)C(C)C)n2CC2CCCO2)cc1. The largest absolute Gasteiger partial charge is 0.497 e. The topological polar surface area (TPSA) is 78.3 Å². The van der Waals surface area contributed by atoms with Crippen molar-refractivity contribution in [3.63, 3.8) is 0 Å². The van der Waals surface area contributed by atoms with E-state index in [0.29, 0.717) is 11.7 Å². The zero-order valence-electron chi connectivity index (χ0n) is 20.2. The lowest BCUT2D eigenvalue weighted by atomic mass is 9.96. The molecule has 1 aromatic heterocycles. The summed E-state index contributed by atoms with van der Waals surface area (Å²) in [6, 6.07) is 13.7. The molecule has 2 unspecified atom stereocenters. The Balaban J connectivity index is 1.48. The Bertz CT molecular complexity index is 1110. The number of ether oxygens (including phenoxy) is 2. The third-order valence-corrected chi connectivity index (χ3v) is 6.99. The molecule has 2 atom stereocenters. The van der Waals surface area contributed by atoms with Crippen molar-refractivity contribution >= 4 is 17.7 Å². The number of halogens is 1. The van der Waals surface area contributed by atoms with E-state index in [2.05, 4.69) is 15.5 Å². The number of carbonyl (C=O) groups excluding carboxylic acids is 1. The van der Waals surface area contributed by atoms with Crippen molar-refractivity contribution in [1.29, 1.82) is 0 Å². The summed E-state index contributed by atoms with van der Waals surface area (Å²) in [7, 11) is 1.63. The molecule has 1 N–H and O–H groups in total. The molecule has 1 amide bonds. The second-order valence-corrected chi connectivity index (χ2v) is 9.85. The number of hydrogen-bond acceptors (Lipinski definition) is 6. The van der Waals surface area contributed by atoms with Gasteiger partial charge in [0.15, 0.2) is 11.0 Å². The molecule has 0 saturated carbocycles. The Morgan fingerprint density at radius 3 is 2.57 bits per heavy atom. The van der Waals surface area contributed by atoms with Crippen LogP contribution in [0.15, 0.2) is 53.7 Å². The summed E-state index contributed by atoms with van der Waals surface area (Å²) in [6.45, 7) is 5.44. The Labute approximate surface area is 209 Å². The lowest BCUT2D eigenvalue weighted by Crippen LogP contribution is -2.33. The van der Waals surface area contributed by atoms with Crippen LogP contribution in [0.3, 0.4) is 0 Å². The number of benzene rings is 2. The molecule has 186 valence electrons. The first-order valence-corrected chi connectivity index (χ1v) is 12.8. The van der Waals surface area contributed by atoms with Gasteiger partial charge in [-0.15, -0.1) is 10.2 Å². The van der Waals surface area contributed by atoms with Gasteiger partial charge in [-0.2, -0.15) is 0 Å². The fourth-order valence-electron chi connectivity index (χ4n) is 4.16. The van der Waals surface area contributed by atoms with Crippen molar-refractivity contribution in [3.8, 4) is 17.1 Å². The molecule has 9 heteroatoms. The van der Waals surface area contributed by atoms with Gasteiger partial charge in [0.2, 0.25) is 5.91 Å². The maximum atomic E-state index is 13.3. The maximum Gasteiger partial charge on any atom is 0.230 e. The van der Waals surface area contributed by atoms with Crippen LogP contribution >= 0.6 is 11.8 Å². The van der Waals surface area contributed by atoms with Gasteiger partial charge < -0.3 is 14.8 Å². The number of amides is 1. The molecule has 4 rings (SSSR count). The molecule has 0 spiro atoms. The van der Waals surface area contributed by atoms with Crippen LogP contribution in [0.2, 0.25) is 0 Å². The Kier molecular flexibility index (Phi) is 8.41. The lowest BCUT2D eigenvalue weighted by molar-refractivity contribution is -0.119. The molecule has 1 aliphatic rings. The summed E-state index contributed by atoms with van der Waals surface area (Å²) in [5, 5.41) is 12.6. The van der Waals surface area contributed by atoms with Crippen LogP contribution < -0.4 is 10.1 Å². The van der Waals surface area contributed by atoms with Crippen LogP contribution in [0, 0.1) is 11.7 Å². The molecule has 1 saturated heterocycles. The van der Waals surface area contributed by atoms with E-state index in [1.165, 1.54) is 23.9 Å². The van der Waals surface area contributed by atoms with Gasteiger partial charge in [-0.1, -0.05) is 37.7 Å². The molecule has 0 aliphatic carbocycles. The highest BCUT2D eigenvalue weighted by molar-refractivity contribution is 7.99. The molecule has 2 heterocycles. The third kappa shape index (κ3) is 6.41. The van der Waals surface area contributed by atoms with Crippen LogP contribution in [0.1, 0.15) is 38.3 Å². The highest BCUT2D eigenvalue weighted by Crippen LogP contribution is 2.28. The molecule has 1 fully saturated rings. The minimum Gasteiger partial charge on any atom is -0.497 e. The number of aromatic nitrogens is 3. The molecule has 35 heavy (non-hydrogen) atoms. The van der Waals surface area contributed by atoms with Gasteiger partial charge in [-0.25, -0.2) is 4.39 Å². The molecule has 7 nitrogen and oxygen atoms in total. The monoisotopic (exact) mass is 498 g/mol. The summed E-state index contributed by atoms with van der Waals surface area (Å²) in [6.07, 6.45) is 2.12. The van der Waals surface area contributed by atoms with Gasteiger partial charge in [-0.3, -0.25) is 9.36 Å². The van der Waals surface area contributed by atoms with Crippen molar-refractivity contribution in [3.05, 3.63) is 59.9 Å². The predicted octanol–water partition coefficient (Wildman–Crippen LogP) is 4.88. The number of carbonyl (C=O) groups is 1. The number of methoxy groups -OCH3 is 1. The highest BCUT2D eigenvalue weighted by atomic mass is 32.2. The quantitative estimate of drug-likeness (QED) is 0.402. The number of thioether (sulfide) groups is 1. The van der Waals surface area contributed by atoms with E-state index in [1.54, 1.807) is 19.2 Å². The normalized spacial score (nSPS) is 16.4. The van der Waals surface area contributed by atoms with Gasteiger partial charge >= 0.3 is 0 Å². The van der Waals surface area contributed by atoms with Crippen LogP contribution in [-0.2, 0) is 16.1 Å². The van der Waals surface area contributed by atoms with Crippen molar-refractivity contribution < 1.29 is 18.7 Å². The van der Waals surface area contributed by atoms with Crippen LogP contribution in [0.5, 0.6) is 5.75 Å². The van der Waals surface area contributed by atoms with E-state index in [0.717, 1.165) is 42.1 Å². The standard InChI is InChI=1S/C26H31FN4O3S/c1-17(2)24(18-6-10-20(27)11-7-18)28-23(32)16-35-26-30-29-25(19-8-12-21(33-3)13-9-19)31(26)15-22-5-4-14-34-22/h6-13,17,22,24H,4-5,14-16H2,1-3H3,(H,28,32). The van der Waals surface area contributed by atoms with E-state index in [9.17, 15) is 9.18 Å². The van der Waals surface area contributed by atoms with Crippen molar-refractivity contribution in [2.45, 2.75) is 50.5 Å². The van der Waals surface area contributed by atoms with E-state index in [4.69, 9.17) is 9.47 Å². The summed E-state index contributed by atoms with van der Waals surface area (Å²) in [5.41, 5.74) is 1.80.